The number of β-amino-alcohol motifs (C(OH)–C–C–N with tert-alkyl or cyclic N) is 1. The van der Waals surface area contributed by atoms with Gasteiger partial charge in [0, 0.05) is 13.6 Å². The van der Waals surface area contributed by atoms with Gasteiger partial charge in [-0.2, -0.15) is 5.10 Å². The van der Waals surface area contributed by atoms with Crippen LogP contribution in [0, 0.1) is 0 Å². The number of hydrogen-bond acceptors (Lipinski definition) is 5. The van der Waals surface area contributed by atoms with Gasteiger partial charge < -0.3 is 5.11 Å². The first-order valence-corrected chi connectivity index (χ1v) is 7.11. The topological polar surface area (TPSA) is 67.1 Å². The van der Waals surface area contributed by atoms with Gasteiger partial charge >= 0.3 is 0 Å². The van der Waals surface area contributed by atoms with Crippen LogP contribution in [-0.2, 0) is 13.6 Å². The summed E-state index contributed by atoms with van der Waals surface area (Å²) in [7, 11) is 1.83. The first kappa shape index (κ1) is 13.7. The molecule has 2 aromatic rings. The molecule has 0 amide bonds. The maximum absolute atomic E-state index is 10.1. The van der Waals surface area contributed by atoms with E-state index >= 15 is 0 Å². The van der Waals surface area contributed by atoms with Gasteiger partial charge in [0.1, 0.15) is 11.0 Å². The van der Waals surface area contributed by atoms with Gasteiger partial charge in [0.15, 0.2) is 5.65 Å². The highest BCUT2D eigenvalue weighted by Gasteiger charge is 2.28. The molecule has 1 N–H and O–H groups in total. The van der Waals surface area contributed by atoms with E-state index in [-0.39, 0.29) is 0 Å². The molecule has 3 rings (SSSR count). The van der Waals surface area contributed by atoms with Crippen molar-refractivity contribution in [1.82, 2.24) is 24.6 Å². The Balaban J connectivity index is 1.85. The molecule has 0 aliphatic carbocycles. The van der Waals surface area contributed by atoms with Crippen molar-refractivity contribution in [2.24, 2.45) is 7.05 Å². The third-order valence-corrected chi connectivity index (χ3v) is 4.00. The summed E-state index contributed by atoms with van der Waals surface area (Å²) >= 11 is 6.18. The van der Waals surface area contributed by atoms with Gasteiger partial charge in [0.05, 0.1) is 23.7 Å². The molecular weight excluding hydrogens is 278 g/mol. The van der Waals surface area contributed by atoms with Crippen LogP contribution in [0.1, 0.15) is 25.6 Å². The minimum absolute atomic E-state index is 0.432. The largest absolute Gasteiger partial charge is 0.389 e. The Morgan fingerprint density at radius 2 is 2.25 bits per heavy atom. The molecule has 0 bridgehead atoms. The van der Waals surface area contributed by atoms with Crippen LogP contribution in [0.15, 0.2) is 6.20 Å². The normalized spacial score (nSPS) is 24.4. The van der Waals surface area contributed by atoms with Crippen molar-refractivity contribution in [3.05, 3.63) is 17.2 Å². The van der Waals surface area contributed by atoms with Gasteiger partial charge in [-0.3, -0.25) is 9.58 Å². The van der Waals surface area contributed by atoms with Crippen molar-refractivity contribution in [3.8, 4) is 0 Å². The smallest absolute Gasteiger partial charge is 0.162 e. The summed E-state index contributed by atoms with van der Waals surface area (Å²) in [6.07, 6.45) is 3.49. The number of aryl methyl sites for hydroxylation is 1. The second kappa shape index (κ2) is 4.95. The Labute approximate surface area is 122 Å². The van der Waals surface area contributed by atoms with E-state index in [1.807, 2.05) is 14.0 Å². The summed E-state index contributed by atoms with van der Waals surface area (Å²) in [5.41, 5.74) is 0.113. The molecule has 0 saturated carbocycles. The number of aromatic nitrogens is 4. The van der Waals surface area contributed by atoms with Gasteiger partial charge in [-0.05, 0) is 26.3 Å². The lowest BCUT2D eigenvalue weighted by Gasteiger charge is -2.36. The highest BCUT2D eigenvalue weighted by molar-refractivity contribution is 6.33. The van der Waals surface area contributed by atoms with Crippen LogP contribution >= 0.6 is 11.6 Å². The fourth-order valence-corrected chi connectivity index (χ4v) is 2.99. The van der Waals surface area contributed by atoms with Crippen molar-refractivity contribution < 1.29 is 5.11 Å². The van der Waals surface area contributed by atoms with E-state index in [1.54, 1.807) is 10.9 Å². The van der Waals surface area contributed by atoms with E-state index in [1.165, 1.54) is 0 Å². The fourth-order valence-electron chi connectivity index (χ4n) is 2.76. The molecule has 0 spiro atoms. The van der Waals surface area contributed by atoms with Crippen molar-refractivity contribution in [2.45, 2.75) is 31.9 Å². The lowest BCUT2D eigenvalue weighted by Crippen LogP contribution is -2.45. The van der Waals surface area contributed by atoms with Crippen LogP contribution < -0.4 is 0 Å². The molecule has 1 unspecified atom stereocenters. The van der Waals surface area contributed by atoms with Crippen molar-refractivity contribution in [3.63, 3.8) is 0 Å². The van der Waals surface area contributed by atoms with Crippen LogP contribution in [0.4, 0.5) is 0 Å². The molecule has 1 saturated heterocycles. The number of nitrogens with zero attached hydrogens (tertiary/aromatic N) is 5. The van der Waals surface area contributed by atoms with Crippen LogP contribution in [-0.4, -0.2) is 48.4 Å². The number of fused-ring (bicyclic) bond motifs is 1. The SMILES string of the molecule is Cn1ncc2c(Cl)nc(CN3CCCC(C)(O)C3)nc21. The summed E-state index contributed by atoms with van der Waals surface area (Å²) in [5.74, 6) is 0.670. The Kier molecular flexibility index (Phi) is 3.40. The lowest BCUT2D eigenvalue weighted by atomic mass is 9.95. The van der Waals surface area contributed by atoms with Gasteiger partial charge in [0.25, 0.3) is 0 Å². The number of rotatable bonds is 2. The Morgan fingerprint density at radius 3 is 3.00 bits per heavy atom. The quantitative estimate of drug-likeness (QED) is 0.848. The second-order valence-electron chi connectivity index (χ2n) is 5.75. The molecular formula is C13H18ClN5O. The van der Waals surface area contributed by atoms with Crippen molar-refractivity contribution in [1.29, 1.82) is 0 Å². The number of hydrogen-bond donors (Lipinski definition) is 1. The van der Waals surface area contributed by atoms with E-state index in [2.05, 4.69) is 20.0 Å². The maximum atomic E-state index is 10.1. The van der Waals surface area contributed by atoms with Crippen molar-refractivity contribution >= 4 is 22.6 Å². The Bertz CT molecular complexity index is 639. The summed E-state index contributed by atoms with van der Waals surface area (Å²) in [6, 6.07) is 0. The maximum Gasteiger partial charge on any atom is 0.162 e. The number of halogens is 1. The fraction of sp³-hybridized carbons (Fsp3) is 0.615. The second-order valence-corrected chi connectivity index (χ2v) is 6.11. The lowest BCUT2D eigenvalue weighted by molar-refractivity contribution is -0.0188. The van der Waals surface area contributed by atoms with Crippen LogP contribution in [0.25, 0.3) is 11.0 Å². The average Bonchev–Trinajstić information content (AvgIpc) is 2.70. The third kappa shape index (κ3) is 2.63. The highest BCUT2D eigenvalue weighted by Crippen LogP contribution is 2.23. The molecule has 108 valence electrons. The molecule has 3 heterocycles. The molecule has 0 aromatic carbocycles. The minimum atomic E-state index is -0.626. The zero-order valence-corrected chi connectivity index (χ0v) is 12.4. The summed E-state index contributed by atoms with van der Waals surface area (Å²) in [5, 5.41) is 15.5. The predicted molar refractivity (Wildman–Crippen MR) is 76.4 cm³/mol. The molecule has 1 fully saturated rings. The number of aliphatic hydroxyl groups is 1. The van der Waals surface area contributed by atoms with Crippen LogP contribution in [0.5, 0.6) is 0 Å². The highest BCUT2D eigenvalue weighted by atomic mass is 35.5. The average molecular weight is 296 g/mol. The van der Waals surface area contributed by atoms with Crippen molar-refractivity contribution in [2.75, 3.05) is 13.1 Å². The zero-order valence-electron chi connectivity index (χ0n) is 11.7. The molecule has 1 atom stereocenters. The zero-order chi connectivity index (χ0) is 14.3. The standard InChI is InChI=1S/C13H18ClN5O/c1-13(20)4-3-5-19(8-13)7-10-16-11(14)9-6-15-18(2)12(9)17-10/h6,20H,3-5,7-8H2,1-2H3. The van der Waals surface area contributed by atoms with E-state index in [0.717, 1.165) is 30.4 Å². The molecule has 2 aromatic heterocycles. The number of piperidine rings is 1. The van der Waals surface area contributed by atoms with Crippen LogP contribution in [0.2, 0.25) is 5.15 Å². The van der Waals surface area contributed by atoms with E-state index < -0.39 is 5.60 Å². The molecule has 1 aliphatic rings. The summed E-state index contributed by atoms with van der Waals surface area (Å²) < 4.78 is 1.69. The molecule has 20 heavy (non-hydrogen) atoms. The summed E-state index contributed by atoms with van der Waals surface area (Å²) in [6.45, 7) is 4.05. The predicted octanol–water partition coefficient (Wildman–Crippen LogP) is 1.36. The van der Waals surface area contributed by atoms with E-state index in [0.29, 0.717) is 24.1 Å². The minimum Gasteiger partial charge on any atom is -0.389 e. The summed E-state index contributed by atoms with van der Waals surface area (Å²) in [4.78, 5) is 11.0. The molecule has 7 heteroatoms. The third-order valence-electron chi connectivity index (χ3n) is 3.71. The molecule has 6 nitrogen and oxygen atoms in total. The Hall–Kier alpha value is -1.24. The van der Waals surface area contributed by atoms with E-state index in [9.17, 15) is 5.11 Å². The molecule has 1 aliphatic heterocycles. The van der Waals surface area contributed by atoms with Gasteiger partial charge in [-0.15, -0.1) is 0 Å². The first-order valence-electron chi connectivity index (χ1n) is 6.73. The number of likely N-dealkylation sites (tertiary alicyclic amines) is 1. The first-order chi connectivity index (χ1) is 9.44. The van der Waals surface area contributed by atoms with Gasteiger partial charge in [-0.1, -0.05) is 11.6 Å². The van der Waals surface area contributed by atoms with Crippen LogP contribution in [0.3, 0.4) is 0 Å². The monoisotopic (exact) mass is 295 g/mol. The van der Waals surface area contributed by atoms with E-state index in [4.69, 9.17) is 11.6 Å². The van der Waals surface area contributed by atoms with Gasteiger partial charge in [0.2, 0.25) is 0 Å². The Morgan fingerprint density at radius 1 is 1.45 bits per heavy atom. The molecule has 0 radical (unpaired) electrons. The van der Waals surface area contributed by atoms with Gasteiger partial charge in [-0.25, -0.2) is 9.97 Å².